The first-order valence-corrected chi connectivity index (χ1v) is 7.60. The molecule has 0 unspecified atom stereocenters. The number of aliphatic hydroxyl groups excluding tert-OH is 1. The van der Waals surface area contributed by atoms with Crippen molar-refractivity contribution in [1.29, 1.82) is 0 Å². The molecule has 1 fully saturated rings. The van der Waals surface area contributed by atoms with Crippen molar-refractivity contribution in [2.45, 2.75) is 25.4 Å². The number of aliphatic hydroxyl groups is 1. The van der Waals surface area contributed by atoms with E-state index in [0.717, 1.165) is 18.2 Å². The summed E-state index contributed by atoms with van der Waals surface area (Å²) in [7, 11) is 0. The van der Waals surface area contributed by atoms with Crippen LogP contribution in [0.25, 0.3) is 0 Å². The minimum atomic E-state index is -0.590. The summed E-state index contributed by atoms with van der Waals surface area (Å²) in [4.78, 5) is 7.31. The number of hydroxylamine groups is 2. The Morgan fingerprint density at radius 1 is 1.43 bits per heavy atom. The maximum absolute atomic E-state index is 11.2. The lowest BCUT2D eigenvalue weighted by atomic mass is 10.1. The minimum Gasteiger partial charge on any atom is -0.758 e. The maximum atomic E-state index is 11.2. The van der Waals surface area contributed by atoms with Gasteiger partial charge in [0, 0.05) is 18.7 Å². The van der Waals surface area contributed by atoms with Gasteiger partial charge in [-0.25, -0.2) is 0 Å². The largest absolute Gasteiger partial charge is 0.758 e. The van der Waals surface area contributed by atoms with Crippen LogP contribution in [-0.4, -0.2) is 59.1 Å². The Morgan fingerprint density at radius 2 is 2.19 bits per heavy atom. The van der Waals surface area contributed by atoms with Crippen molar-refractivity contribution in [3.63, 3.8) is 0 Å². The number of rotatable bonds is 6. The van der Waals surface area contributed by atoms with Gasteiger partial charge in [-0.05, 0) is 38.2 Å². The van der Waals surface area contributed by atoms with Crippen molar-refractivity contribution >= 4 is 16.8 Å². The molecule has 0 radical (unpaired) electrons. The van der Waals surface area contributed by atoms with Crippen LogP contribution in [0.1, 0.15) is 19.3 Å². The lowest BCUT2D eigenvalue weighted by molar-refractivity contribution is 0.0161. The molecule has 21 heavy (non-hydrogen) atoms. The van der Waals surface area contributed by atoms with Gasteiger partial charge in [0.2, 0.25) is 0 Å². The second-order valence-electron chi connectivity index (χ2n) is 5.30. The number of hydrogen-bond acceptors (Lipinski definition) is 6. The smallest absolute Gasteiger partial charge is 0.173 e. The van der Waals surface area contributed by atoms with Gasteiger partial charge in [0.1, 0.15) is 12.7 Å². The highest BCUT2D eigenvalue weighted by Gasteiger charge is 2.15. The molecule has 0 aromatic heterocycles. The van der Waals surface area contributed by atoms with Gasteiger partial charge in [0.25, 0.3) is 0 Å². The zero-order chi connectivity index (χ0) is 15.1. The van der Waals surface area contributed by atoms with Crippen LogP contribution in [-0.2, 0) is 4.84 Å². The second kappa shape index (κ2) is 8.38. The number of β-amino-alcohol motifs (C(OH)–C–C–N with tert-alkyl or cyclic N) is 1. The minimum absolute atomic E-state index is 0.0942. The van der Waals surface area contributed by atoms with Gasteiger partial charge in [-0.2, -0.15) is 0 Å². The van der Waals surface area contributed by atoms with Crippen molar-refractivity contribution in [3.8, 4) is 0 Å². The molecule has 2 heterocycles. The van der Waals surface area contributed by atoms with Gasteiger partial charge in [-0.3, -0.25) is 0 Å². The van der Waals surface area contributed by atoms with Gasteiger partial charge in [-0.1, -0.05) is 29.3 Å². The molecule has 0 saturated carbocycles. The summed E-state index contributed by atoms with van der Waals surface area (Å²) in [6, 6.07) is 0. The molecule has 1 atom stereocenters. The van der Waals surface area contributed by atoms with E-state index in [-0.39, 0.29) is 18.3 Å². The van der Waals surface area contributed by atoms with E-state index in [0.29, 0.717) is 12.1 Å². The molecule has 2 aliphatic heterocycles. The summed E-state index contributed by atoms with van der Waals surface area (Å²) < 4.78 is 0. The highest BCUT2D eigenvalue weighted by molar-refractivity contribution is 6.69. The molecule has 0 amide bonds. The summed E-state index contributed by atoms with van der Waals surface area (Å²) in [5.74, 6) is 0. The number of halogens is 1. The van der Waals surface area contributed by atoms with E-state index >= 15 is 0 Å². The van der Waals surface area contributed by atoms with Crippen LogP contribution in [0.3, 0.4) is 0 Å². The molecule has 0 spiro atoms. The van der Waals surface area contributed by atoms with Gasteiger partial charge in [-0.15, -0.1) is 0 Å². The van der Waals surface area contributed by atoms with Crippen LogP contribution in [0, 0.1) is 5.21 Å². The molecule has 0 aliphatic carbocycles. The molecule has 6 nitrogen and oxygen atoms in total. The SMILES string of the molecule is [O-]N1C=CC=C(/C(Cl)=N/OC[C@H](O)CN2CCCCC2)C1. The fourth-order valence-electron chi connectivity index (χ4n) is 2.39. The number of oxime groups is 1. The molecular weight excluding hydrogens is 294 g/mol. The van der Waals surface area contributed by atoms with E-state index in [1.165, 1.54) is 25.5 Å². The average molecular weight is 315 g/mol. The van der Waals surface area contributed by atoms with Crippen LogP contribution in [0.2, 0.25) is 0 Å². The third-order valence-electron chi connectivity index (χ3n) is 3.47. The first-order valence-electron chi connectivity index (χ1n) is 7.22. The predicted molar refractivity (Wildman–Crippen MR) is 82.8 cm³/mol. The molecule has 0 aromatic carbocycles. The summed E-state index contributed by atoms with van der Waals surface area (Å²) in [6.45, 7) is 2.89. The molecule has 0 bridgehead atoms. The topological polar surface area (TPSA) is 71.4 Å². The van der Waals surface area contributed by atoms with E-state index in [1.807, 2.05) is 0 Å². The molecule has 0 aromatic rings. The molecule has 2 aliphatic rings. The normalized spacial score (nSPS) is 22.1. The Morgan fingerprint density at radius 3 is 2.90 bits per heavy atom. The highest BCUT2D eigenvalue weighted by atomic mass is 35.5. The zero-order valence-electron chi connectivity index (χ0n) is 11.9. The summed E-state index contributed by atoms with van der Waals surface area (Å²) in [5.41, 5.74) is 0.597. The molecule has 7 heteroatoms. The van der Waals surface area contributed by atoms with Crippen LogP contribution in [0.4, 0.5) is 0 Å². The van der Waals surface area contributed by atoms with Gasteiger partial charge < -0.3 is 25.1 Å². The Bertz CT molecular complexity index is 420. The average Bonchev–Trinajstić information content (AvgIpc) is 2.48. The fraction of sp³-hybridized carbons (Fsp3) is 0.643. The van der Waals surface area contributed by atoms with Gasteiger partial charge >= 0.3 is 0 Å². The molecule has 1 saturated heterocycles. The maximum Gasteiger partial charge on any atom is 0.173 e. The first kappa shape index (κ1) is 16.3. The van der Waals surface area contributed by atoms with E-state index < -0.39 is 6.10 Å². The molecule has 2 rings (SSSR count). The second-order valence-corrected chi connectivity index (χ2v) is 5.66. The lowest BCUT2D eigenvalue weighted by Gasteiger charge is -2.29. The molecular formula is C14H21ClN3O3-. The third kappa shape index (κ3) is 5.67. The highest BCUT2D eigenvalue weighted by Crippen LogP contribution is 2.12. The van der Waals surface area contributed by atoms with Crippen molar-refractivity contribution < 1.29 is 9.94 Å². The Kier molecular flexibility index (Phi) is 6.50. The van der Waals surface area contributed by atoms with Crippen molar-refractivity contribution in [3.05, 3.63) is 29.1 Å². The van der Waals surface area contributed by atoms with Crippen LogP contribution in [0.15, 0.2) is 29.1 Å². The van der Waals surface area contributed by atoms with E-state index in [9.17, 15) is 10.3 Å². The predicted octanol–water partition coefficient (Wildman–Crippen LogP) is 1.66. The van der Waals surface area contributed by atoms with Crippen molar-refractivity contribution in [2.75, 3.05) is 32.8 Å². The fourth-order valence-corrected chi connectivity index (χ4v) is 2.57. The zero-order valence-corrected chi connectivity index (χ0v) is 12.7. The Labute approximate surface area is 129 Å². The van der Waals surface area contributed by atoms with Crippen molar-refractivity contribution in [2.24, 2.45) is 5.16 Å². The van der Waals surface area contributed by atoms with Gasteiger partial charge in [0.15, 0.2) is 5.17 Å². The molecule has 1 N–H and O–H groups in total. The summed E-state index contributed by atoms with van der Waals surface area (Å²) in [5, 5.41) is 25.7. The number of allylic oxidation sites excluding steroid dienone is 2. The molecule has 118 valence electrons. The van der Waals surface area contributed by atoms with E-state index in [4.69, 9.17) is 16.4 Å². The van der Waals surface area contributed by atoms with Crippen LogP contribution in [0.5, 0.6) is 0 Å². The third-order valence-corrected chi connectivity index (χ3v) is 3.78. The number of likely N-dealkylation sites (tertiary alicyclic amines) is 1. The van der Waals surface area contributed by atoms with Gasteiger partial charge in [0.05, 0.1) is 0 Å². The Balaban J connectivity index is 1.70. The number of hydrogen-bond donors (Lipinski definition) is 1. The van der Waals surface area contributed by atoms with E-state index in [1.54, 1.807) is 12.2 Å². The number of piperidine rings is 1. The quantitative estimate of drug-likeness (QED) is 0.596. The standard InChI is InChI=1S/C14H21ClN3O3/c15-14(12-5-4-8-18(20)9-12)16-21-11-13(19)10-17-6-2-1-3-7-17/h4-5,8,13,19H,1-3,6-7,9-11H2/q-1/b16-14-/t13-/m1/s1. The first-order chi connectivity index (χ1) is 10.1. The van der Waals surface area contributed by atoms with Crippen molar-refractivity contribution in [1.82, 2.24) is 9.96 Å². The van der Waals surface area contributed by atoms with Crippen LogP contribution < -0.4 is 0 Å². The Hall–Kier alpha value is -1.08. The lowest BCUT2D eigenvalue weighted by Crippen LogP contribution is -2.38. The summed E-state index contributed by atoms with van der Waals surface area (Å²) in [6.07, 6.45) is 7.78. The monoisotopic (exact) mass is 314 g/mol. The van der Waals surface area contributed by atoms with Crippen LogP contribution >= 0.6 is 11.6 Å². The number of nitrogens with zero attached hydrogens (tertiary/aromatic N) is 3. The summed E-state index contributed by atoms with van der Waals surface area (Å²) >= 11 is 5.97. The van der Waals surface area contributed by atoms with E-state index in [2.05, 4.69) is 10.1 Å².